The molecule has 0 fully saturated rings. The third-order valence-corrected chi connectivity index (χ3v) is 2.48. The van der Waals surface area contributed by atoms with Gasteiger partial charge in [-0.1, -0.05) is 30.6 Å². The van der Waals surface area contributed by atoms with Crippen molar-refractivity contribution in [2.24, 2.45) is 0 Å². The van der Waals surface area contributed by atoms with Crippen molar-refractivity contribution < 1.29 is 4.52 Å². The van der Waals surface area contributed by atoms with Crippen LogP contribution in [0.25, 0.3) is 0 Å². The maximum Gasteiger partial charge on any atom is 0.213 e. The topological polar surface area (TPSA) is 76.7 Å². The van der Waals surface area contributed by atoms with E-state index in [1.807, 2.05) is 13.8 Å². The summed E-state index contributed by atoms with van der Waals surface area (Å²) in [5.41, 5.74) is 0. The minimum absolute atomic E-state index is 0.237. The number of hydrogen-bond donors (Lipinski definition) is 1. The van der Waals surface area contributed by atoms with E-state index in [1.165, 1.54) is 6.39 Å². The van der Waals surface area contributed by atoms with Gasteiger partial charge < -0.3 is 9.84 Å². The Bertz CT molecular complexity index is 500. The lowest BCUT2D eigenvalue weighted by Gasteiger charge is -2.08. The van der Waals surface area contributed by atoms with Crippen LogP contribution in [0.5, 0.6) is 0 Å². The molecule has 0 aliphatic carbocycles. The molecule has 2 aromatic rings. The van der Waals surface area contributed by atoms with Crippen LogP contribution in [0.1, 0.15) is 31.4 Å². The fraction of sp³-hybridized carbons (Fsp3) is 0.455. The molecule has 0 bridgehead atoms. The summed E-state index contributed by atoms with van der Waals surface area (Å²) >= 11 is 5.94. The van der Waals surface area contributed by atoms with Gasteiger partial charge in [-0.25, -0.2) is 9.97 Å². The summed E-state index contributed by atoms with van der Waals surface area (Å²) in [6.45, 7) is 4.70. The monoisotopic (exact) mass is 267 g/mol. The molecule has 0 atom stereocenters. The predicted molar refractivity (Wildman–Crippen MR) is 67.6 cm³/mol. The van der Waals surface area contributed by atoms with Gasteiger partial charge in [0.15, 0.2) is 5.82 Å². The second kappa shape index (κ2) is 5.77. The van der Waals surface area contributed by atoms with Gasteiger partial charge in [0, 0.05) is 24.9 Å². The van der Waals surface area contributed by atoms with Crippen LogP contribution >= 0.6 is 11.6 Å². The molecule has 2 heterocycles. The maximum atomic E-state index is 5.94. The molecular formula is C11H14ClN5O. The zero-order valence-corrected chi connectivity index (χ0v) is 11.0. The Morgan fingerprint density at radius 2 is 2.22 bits per heavy atom. The molecule has 0 saturated carbocycles. The summed E-state index contributed by atoms with van der Waals surface area (Å²) in [5, 5.41) is 7.33. The Kier molecular flexibility index (Phi) is 4.09. The Hall–Kier alpha value is -1.69. The van der Waals surface area contributed by atoms with Gasteiger partial charge in [0.2, 0.25) is 6.39 Å². The molecular weight excluding hydrogens is 254 g/mol. The fourth-order valence-corrected chi connectivity index (χ4v) is 1.58. The molecule has 6 nitrogen and oxygen atoms in total. The lowest BCUT2D eigenvalue weighted by atomic mass is 10.2. The van der Waals surface area contributed by atoms with E-state index in [9.17, 15) is 0 Å². The number of aromatic nitrogens is 4. The quantitative estimate of drug-likeness (QED) is 0.838. The highest BCUT2D eigenvalue weighted by Crippen LogP contribution is 2.16. The normalized spacial score (nSPS) is 10.9. The highest BCUT2D eigenvalue weighted by atomic mass is 35.5. The van der Waals surface area contributed by atoms with E-state index in [0.717, 1.165) is 5.82 Å². The summed E-state index contributed by atoms with van der Waals surface area (Å²) in [7, 11) is 0. The van der Waals surface area contributed by atoms with Crippen LogP contribution in [0.15, 0.2) is 17.0 Å². The van der Waals surface area contributed by atoms with Crippen LogP contribution in [0.4, 0.5) is 5.82 Å². The summed E-state index contributed by atoms with van der Waals surface area (Å²) in [5.74, 6) is 2.33. The molecule has 0 spiro atoms. The van der Waals surface area contributed by atoms with Crippen molar-refractivity contribution in [3.05, 3.63) is 29.3 Å². The third-order valence-electron chi connectivity index (χ3n) is 2.29. The molecule has 0 amide bonds. The molecule has 0 aliphatic heterocycles. The SMILES string of the molecule is CC(C)c1nc(Cl)cc(NCCc2ncon2)n1. The highest BCUT2D eigenvalue weighted by Gasteiger charge is 2.07. The van der Waals surface area contributed by atoms with Crippen molar-refractivity contribution in [2.45, 2.75) is 26.2 Å². The summed E-state index contributed by atoms with van der Waals surface area (Å²) in [4.78, 5) is 12.5. The molecule has 7 heteroatoms. The van der Waals surface area contributed by atoms with Gasteiger partial charge in [0.1, 0.15) is 16.8 Å². The van der Waals surface area contributed by atoms with E-state index in [0.29, 0.717) is 29.8 Å². The smallest absolute Gasteiger partial charge is 0.213 e. The second-order valence-electron chi connectivity index (χ2n) is 4.11. The van der Waals surface area contributed by atoms with Crippen molar-refractivity contribution in [1.82, 2.24) is 20.1 Å². The fourth-order valence-electron chi connectivity index (χ4n) is 1.39. The third kappa shape index (κ3) is 3.40. The van der Waals surface area contributed by atoms with Gasteiger partial charge in [-0.15, -0.1) is 0 Å². The zero-order chi connectivity index (χ0) is 13.0. The minimum Gasteiger partial charge on any atom is -0.369 e. The lowest BCUT2D eigenvalue weighted by Crippen LogP contribution is -2.09. The molecule has 96 valence electrons. The molecule has 0 aromatic carbocycles. The number of nitrogens with zero attached hydrogens (tertiary/aromatic N) is 4. The van der Waals surface area contributed by atoms with Crippen LogP contribution in [0.2, 0.25) is 5.15 Å². The first-order valence-electron chi connectivity index (χ1n) is 5.68. The highest BCUT2D eigenvalue weighted by molar-refractivity contribution is 6.29. The van der Waals surface area contributed by atoms with Gasteiger partial charge in [-0.3, -0.25) is 0 Å². The van der Waals surface area contributed by atoms with Crippen molar-refractivity contribution in [3.8, 4) is 0 Å². The number of rotatable bonds is 5. The standard InChI is InChI=1S/C11H14ClN5O/c1-7(2)11-15-8(12)5-10(16-11)13-4-3-9-14-6-18-17-9/h5-7H,3-4H2,1-2H3,(H,13,15,16). The molecule has 0 radical (unpaired) electrons. The van der Waals surface area contributed by atoms with Gasteiger partial charge in [-0.2, -0.15) is 4.98 Å². The Morgan fingerprint density at radius 1 is 1.39 bits per heavy atom. The average molecular weight is 268 g/mol. The zero-order valence-electron chi connectivity index (χ0n) is 10.2. The lowest BCUT2D eigenvalue weighted by molar-refractivity contribution is 0.410. The minimum atomic E-state index is 0.237. The number of hydrogen-bond acceptors (Lipinski definition) is 6. The first-order chi connectivity index (χ1) is 8.65. The number of nitrogens with one attached hydrogen (secondary N) is 1. The molecule has 0 saturated heterocycles. The van der Waals surface area contributed by atoms with Crippen LogP contribution in [-0.2, 0) is 6.42 Å². The summed E-state index contributed by atoms with van der Waals surface area (Å²) in [6, 6.07) is 1.70. The van der Waals surface area contributed by atoms with Crippen LogP contribution in [-0.4, -0.2) is 26.7 Å². The van der Waals surface area contributed by atoms with E-state index in [2.05, 4.69) is 29.9 Å². The number of halogens is 1. The Labute approximate surface area is 110 Å². The number of anilines is 1. The summed E-state index contributed by atoms with van der Waals surface area (Å²) < 4.78 is 4.65. The molecule has 0 unspecified atom stereocenters. The molecule has 2 aromatic heterocycles. The van der Waals surface area contributed by atoms with E-state index in [-0.39, 0.29) is 5.92 Å². The average Bonchev–Trinajstić information content (AvgIpc) is 2.81. The molecule has 1 N–H and O–H groups in total. The van der Waals surface area contributed by atoms with E-state index < -0.39 is 0 Å². The second-order valence-corrected chi connectivity index (χ2v) is 4.50. The van der Waals surface area contributed by atoms with Crippen molar-refractivity contribution in [2.75, 3.05) is 11.9 Å². The van der Waals surface area contributed by atoms with E-state index in [1.54, 1.807) is 6.07 Å². The first kappa shape index (κ1) is 12.8. The van der Waals surface area contributed by atoms with Crippen LogP contribution in [0.3, 0.4) is 0 Å². The van der Waals surface area contributed by atoms with Gasteiger partial charge in [0.25, 0.3) is 0 Å². The molecule has 0 aliphatic rings. The molecule has 18 heavy (non-hydrogen) atoms. The van der Waals surface area contributed by atoms with E-state index in [4.69, 9.17) is 11.6 Å². The maximum absolute atomic E-state index is 5.94. The van der Waals surface area contributed by atoms with E-state index >= 15 is 0 Å². The summed E-state index contributed by atoms with van der Waals surface area (Å²) in [6.07, 6.45) is 1.98. The first-order valence-corrected chi connectivity index (χ1v) is 6.06. The Morgan fingerprint density at radius 3 is 2.89 bits per heavy atom. The van der Waals surface area contributed by atoms with Crippen LogP contribution < -0.4 is 5.32 Å². The Balaban J connectivity index is 1.96. The largest absolute Gasteiger partial charge is 0.369 e. The van der Waals surface area contributed by atoms with Crippen molar-refractivity contribution >= 4 is 17.4 Å². The van der Waals surface area contributed by atoms with Crippen molar-refractivity contribution in [3.63, 3.8) is 0 Å². The van der Waals surface area contributed by atoms with Crippen molar-refractivity contribution in [1.29, 1.82) is 0 Å². The van der Waals surface area contributed by atoms with Crippen LogP contribution in [0, 0.1) is 0 Å². The van der Waals surface area contributed by atoms with Gasteiger partial charge >= 0.3 is 0 Å². The van der Waals surface area contributed by atoms with Gasteiger partial charge in [0.05, 0.1) is 0 Å². The molecule has 2 rings (SSSR count). The van der Waals surface area contributed by atoms with Gasteiger partial charge in [-0.05, 0) is 0 Å². The predicted octanol–water partition coefficient (Wildman–Crippen LogP) is 2.29.